The van der Waals surface area contributed by atoms with E-state index >= 15 is 0 Å². The molecule has 0 radical (unpaired) electrons. The number of nitrogens with one attached hydrogen (secondary N) is 1. The lowest BCUT2D eigenvalue weighted by Gasteiger charge is -1.99. The SMILES string of the molecule is Cc1ccc(C=NNC(=O)c2ccc(O)cc2)s1. The van der Waals surface area contributed by atoms with E-state index in [9.17, 15) is 4.79 Å². The van der Waals surface area contributed by atoms with E-state index in [2.05, 4.69) is 10.5 Å². The van der Waals surface area contributed by atoms with Gasteiger partial charge in [0, 0.05) is 15.3 Å². The number of hydrogen-bond donors (Lipinski definition) is 2. The largest absolute Gasteiger partial charge is 0.508 e. The molecule has 2 aromatic rings. The molecule has 0 aliphatic heterocycles. The van der Waals surface area contributed by atoms with Crippen molar-refractivity contribution in [1.82, 2.24) is 5.43 Å². The van der Waals surface area contributed by atoms with Crippen molar-refractivity contribution in [2.45, 2.75) is 6.92 Å². The number of aromatic hydroxyl groups is 1. The second kappa shape index (κ2) is 5.46. The topological polar surface area (TPSA) is 61.7 Å². The van der Waals surface area contributed by atoms with Gasteiger partial charge in [-0.2, -0.15) is 5.10 Å². The summed E-state index contributed by atoms with van der Waals surface area (Å²) in [6.45, 7) is 2.01. The maximum Gasteiger partial charge on any atom is 0.271 e. The Morgan fingerprint density at radius 3 is 2.61 bits per heavy atom. The Kier molecular flexibility index (Phi) is 3.74. The monoisotopic (exact) mass is 260 g/mol. The standard InChI is InChI=1S/C13H12N2O2S/c1-9-2-7-12(18-9)8-14-15-13(17)10-3-5-11(16)6-4-10/h2-8,16H,1H3,(H,15,17). The van der Waals surface area contributed by atoms with E-state index in [0.717, 1.165) is 4.88 Å². The number of rotatable bonds is 3. The molecule has 2 rings (SSSR count). The van der Waals surface area contributed by atoms with Crippen LogP contribution >= 0.6 is 11.3 Å². The van der Waals surface area contributed by atoms with E-state index in [0.29, 0.717) is 5.56 Å². The second-order valence-corrected chi connectivity index (χ2v) is 5.01. The molecule has 0 spiro atoms. The number of hydrazone groups is 1. The smallest absolute Gasteiger partial charge is 0.271 e. The third-order valence-electron chi connectivity index (χ3n) is 2.25. The minimum absolute atomic E-state index is 0.129. The maximum atomic E-state index is 11.6. The molecule has 92 valence electrons. The number of phenols is 1. The van der Waals surface area contributed by atoms with Crippen molar-refractivity contribution in [3.05, 3.63) is 51.7 Å². The first kappa shape index (κ1) is 12.3. The molecule has 0 unspecified atom stereocenters. The van der Waals surface area contributed by atoms with Crippen molar-refractivity contribution in [3.8, 4) is 5.75 Å². The molecule has 0 aliphatic carbocycles. The number of nitrogens with zero attached hydrogens (tertiary/aromatic N) is 1. The van der Waals surface area contributed by atoms with Crippen LogP contribution < -0.4 is 5.43 Å². The molecule has 0 saturated heterocycles. The van der Waals surface area contributed by atoms with Crippen LogP contribution in [0.25, 0.3) is 0 Å². The number of carbonyl (C=O) groups is 1. The van der Waals surface area contributed by atoms with Gasteiger partial charge in [-0.3, -0.25) is 4.79 Å². The third kappa shape index (κ3) is 3.18. The van der Waals surface area contributed by atoms with Crippen LogP contribution in [-0.4, -0.2) is 17.2 Å². The van der Waals surface area contributed by atoms with Crippen LogP contribution in [0.15, 0.2) is 41.5 Å². The molecule has 0 fully saturated rings. The highest BCUT2D eigenvalue weighted by atomic mass is 32.1. The average Bonchev–Trinajstić information content (AvgIpc) is 2.76. The van der Waals surface area contributed by atoms with Gasteiger partial charge in [0.2, 0.25) is 0 Å². The van der Waals surface area contributed by atoms with E-state index in [1.54, 1.807) is 17.6 Å². The molecular formula is C13H12N2O2S. The minimum Gasteiger partial charge on any atom is -0.508 e. The highest BCUT2D eigenvalue weighted by molar-refractivity contribution is 7.13. The van der Waals surface area contributed by atoms with Crippen molar-refractivity contribution in [3.63, 3.8) is 0 Å². The van der Waals surface area contributed by atoms with Gasteiger partial charge in [0.15, 0.2) is 0 Å². The Hall–Kier alpha value is -2.14. The molecule has 18 heavy (non-hydrogen) atoms. The summed E-state index contributed by atoms with van der Waals surface area (Å²) in [4.78, 5) is 13.8. The van der Waals surface area contributed by atoms with Gasteiger partial charge in [-0.25, -0.2) is 5.43 Å². The zero-order valence-electron chi connectivity index (χ0n) is 9.75. The van der Waals surface area contributed by atoms with Gasteiger partial charge in [-0.1, -0.05) is 0 Å². The lowest BCUT2D eigenvalue weighted by atomic mass is 10.2. The van der Waals surface area contributed by atoms with Gasteiger partial charge in [0.25, 0.3) is 5.91 Å². The summed E-state index contributed by atoms with van der Waals surface area (Å²) in [6.07, 6.45) is 1.61. The van der Waals surface area contributed by atoms with Crippen LogP contribution in [0, 0.1) is 6.92 Å². The summed E-state index contributed by atoms with van der Waals surface area (Å²) in [6, 6.07) is 9.93. The molecule has 1 amide bonds. The fourth-order valence-electron chi connectivity index (χ4n) is 1.35. The molecule has 0 aliphatic rings. The van der Waals surface area contributed by atoms with E-state index < -0.39 is 0 Å². The van der Waals surface area contributed by atoms with Gasteiger partial charge in [-0.15, -0.1) is 11.3 Å². The van der Waals surface area contributed by atoms with Crippen molar-refractivity contribution in [1.29, 1.82) is 0 Å². The number of amides is 1. The number of phenolic OH excluding ortho intramolecular Hbond substituents is 1. The average molecular weight is 260 g/mol. The first-order chi connectivity index (χ1) is 8.65. The van der Waals surface area contributed by atoms with Gasteiger partial charge in [0.05, 0.1) is 6.21 Å². The number of carbonyl (C=O) groups excluding carboxylic acids is 1. The first-order valence-corrected chi connectivity index (χ1v) is 6.16. The summed E-state index contributed by atoms with van der Waals surface area (Å²) in [5, 5.41) is 13.0. The quantitative estimate of drug-likeness (QED) is 0.658. The zero-order chi connectivity index (χ0) is 13.0. The number of hydrogen-bond acceptors (Lipinski definition) is 4. The number of benzene rings is 1. The zero-order valence-corrected chi connectivity index (χ0v) is 10.6. The summed E-state index contributed by atoms with van der Waals surface area (Å²) < 4.78 is 0. The number of thiophene rings is 1. The summed E-state index contributed by atoms with van der Waals surface area (Å²) in [5.74, 6) is -0.177. The normalized spacial score (nSPS) is 10.7. The van der Waals surface area contributed by atoms with Gasteiger partial charge >= 0.3 is 0 Å². The summed E-state index contributed by atoms with van der Waals surface area (Å²) >= 11 is 1.60. The third-order valence-corrected chi connectivity index (χ3v) is 3.18. The predicted octanol–water partition coefficient (Wildman–Crippen LogP) is 2.53. The van der Waals surface area contributed by atoms with Crippen molar-refractivity contribution < 1.29 is 9.90 Å². The fourth-order valence-corrected chi connectivity index (χ4v) is 2.10. The molecule has 4 nitrogen and oxygen atoms in total. The molecule has 1 aromatic heterocycles. The van der Waals surface area contributed by atoms with Crippen LogP contribution in [-0.2, 0) is 0 Å². The van der Waals surface area contributed by atoms with Gasteiger partial charge < -0.3 is 5.11 Å². The minimum atomic E-state index is -0.306. The lowest BCUT2D eigenvalue weighted by Crippen LogP contribution is -2.17. The second-order valence-electron chi connectivity index (χ2n) is 3.69. The Morgan fingerprint density at radius 2 is 2.00 bits per heavy atom. The number of aryl methyl sites for hydroxylation is 1. The lowest BCUT2D eigenvalue weighted by molar-refractivity contribution is 0.0955. The predicted molar refractivity (Wildman–Crippen MR) is 72.2 cm³/mol. The van der Waals surface area contributed by atoms with E-state index in [1.165, 1.54) is 29.1 Å². The molecule has 0 saturated carbocycles. The molecular weight excluding hydrogens is 248 g/mol. The molecule has 5 heteroatoms. The first-order valence-electron chi connectivity index (χ1n) is 5.34. The maximum absolute atomic E-state index is 11.6. The summed E-state index contributed by atoms with van der Waals surface area (Å²) in [7, 11) is 0. The Labute approximate surface area is 109 Å². The van der Waals surface area contributed by atoms with Gasteiger partial charge in [0.1, 0.15) is 5.75 Å². The van der Waals surface area contributed by atoms with E-state index in [1.807, 2.05) is 19.1 Å². The molecule has 1 heterocycles. The summed E-state index contributed by atoms with van der Waals surface area (Å²) in [5.41, 5.74) is 2.88. The molecule has 2 N–H and O–H groups in total. The van der Waals surface area contributed by atoms with Crippen molar-refractivity contribution in [2.75, 3.05) is 0 Å². The van der Waals surface area contributed by atoms with Crippen LogP contribution in [0.5, 0.6) is 5.75 Å². The Bertz CT molecular complexity index is 573. The molecule has 0 bridgehead atoms. The highest BCUT2D eigenvalue weighted by Gasteiger charge is 2.03. The fraction of sp³-hybridized carbons (Fsp3) is 0.0769. The molecule has 0 atom stereocenters. The highest BCUT2D eigenvalue weighted by Crippen LogP contribution is 2.12. The Morgan fingerprint density at radius 1 is 1.28 bits per heavy atom. The molecule has 1 aromatic carbocycles. The van der Waals surface area contributed by atoms with Crippen LogP contribution in [0.3, 0.4) is 0 Å². The van der Waals surface area contributed by atoms with Crippen LogP contribution in [0.1, 0.15) is 20.1 Å². The van der Waals surface area contributed by atoms with Crippen molar-refractivity contribution >= 4 is 23.5 Å². The van der Waals surface area contributed by atoms with Gasteiger partial charge in [-0.05, 0) is 43.3 Å². The van der Waals surface area contributed by atoms with Crippen molar-refractivity contribution in [2.24, 2.45) is 5.10 Å². The van der Waals surface area contributed by atoms with Crippen LogP contribution in [0.4, 0.5) is 0 Å². The van der Waals surface area contributed by atoms with E-state index in [-0.39, 0.29) is 11.7 Å². The van der Waals surface area contributed by atoms with E-state index in [4.69, 9.17) is 5.11 Å². The Balaban J connectivity index is 1.96. The van der Waals surface area contributed by atoms with Crippen LogP contribution in [0.2, 0.25) is 0 Å².